The van der Waals surface area contributed by atoms with Crippen molar-refractivity contribution in [3.63, 3.8) is 0 Å². The molecule has 0 fully saturated rings. The second-order valence-corrected chi connectivity index (χ2v) is 3.51. The lowest BCUT2D eigenvalue weighted by molar-refractivity contribution is 0.391. The first-order chi connectivity index (χ1) is 6.63. The number of methoxy groups -OCH3 is 1. The first-order valence-corrected chi connectivity index (χ1v) is 4.60. The van der Waals surface area contributed by atoms with Gasteiger partial charge in [-0.15, -0.1) is 0 Å². The van der Waals surface area contributed by atoms with E-state index in [9.17, 15) is 4.39 Å². The van der Waals surface area contributed by atoms with E-state index < -0.39 is 0 Å². The summed E-state index contributed by atoms with van der Waals surface area (Å²) in [6.45, 7) is 0.889. The van der Waals surface area contributed by atoms with Crippen LogP contribution in [0.15, 0.2) is 18.2 Å². The fourth-order valence-electron chi connectivity index (χ4n) is 1.29. The predicted octanol–water partition coefficient (Wildman–Crippen LogP) is 1.94. The third kappa shape index (κ3) is 3.00. The highest BCUT2D eigenvalue weighted by atomic mass is 19.1. The fourth-order valence-corrected chi connectivity index (χ4v) is 1.29. The van der Waals surface area contributed by atoms with E-state index in [1.165, 1.54) is 12.1 Å². The van der Waals surface area contributed by atoms with Crippen molar-refractivity contribution in [1.29, 1.82) is 0 Å². The van der Waals surface area contributed by atoms with Crippen LogP contribution in [0.1, 0.15) is 5.56 Å². The number of halogens is 1. The highest BCUT2D eigenvalue weighted by Gasteiger charge is 2.04. The molecule has 0 amide bonds. The van der Waals surface area contributed by atoms with Gasteiger partial charge in [0.15, 0.2) is 0 Å². The van der Waals surface area contributed by atoms with Crippen LogP contribution in [0, 0.1) is 5.82 Å². The molecule has 0 aromatic heterocycles. The van der Waals surface area contributed by atoms with Crippen LogP contribution in [-0.4, -0.2) is 32.6 Å². The van der Waals surface area contributed by atoms with Crippen LogP contribution in [0.4, 0.5) is 4.39 Å². The second kappa shape index (κ2) is 4.96. The maximum atomic E-state index is 12.9. The SMILES string of the molecule is COc1ccc(F)cc1CCN(C)C. The van der Waals surface area contributed by atoms with Crippen molar-refractivity contribution in [2.24, 2.45) is 0 Å². The molecule has 1 aromatic rings. The highest BCUT2D eigenvalue weighted by Crippen LogP contribution is 2.19. The second-order valence-electron chi connectivity index (χ2n) is 3.51. The van der Waals surface area contributed by atoms with E-state index in [2.05, 4.69) is 4.90 Å². The average Bonchev–Trinajstić information content (AvgIpc) is 2.15. The molecule has 0 saturated heterocycles. The number of hydrogen-bond donors (Lipinski definition) is 0. The lowest BCUT2D eigenvalue weighted by Crippen LogP contribution is -2.15. The number of rotatable bonds is 4. The van der Waals surface area contributed by atoms with Gasteiger partial charge in [-0.1, -0.05) is 0 Å². The predicted molar refractivity (Wildman–Crippen MR) is 55.2 cm³/mol. The molecule has 0 unspecified atom stereocenters. The van der Waals surface area contributed by atoms with Gasteiger partial charge < -0.3 is 9.64 Å². The summed E-state index contributed by atoms with van der Waals surface area (Å²) in [6, 6.07) is 4.61. The molecular formula is C11H16FNO. The average molecular weight is 197 g/mol. The minimum atomic E-state index is -0.209. The summed E-state index contributed by atoms with van der Waals surface area (Å²) < 4.78 is 18.1. The molecule has 3 heteroatoms. The lowest BCUT2D eigenvalue weighted by atomic mass is 10.1. The number of benzene rings is 1. The molecule has 0 saturated carbocycles. The van der Waals surface area contributed by atoms with Crippen LogP contribution >= 0.6 is 0 Å². The molecule has 0 N–H and O–H groups in total. The Morgan fingerprint density at radius 3 is 2.64 bits per heavy atom. The summed E-state index contributed by atoms with van der Waals surface area (Å²) in [5.41, 5.74) is 0.918. The van der Waals surface area contributed by atoms with Gasteiger partial charge in [0.1, 0.15) is 11.6 Å². The summed E-state index contributed by atoms with van der Waals surface area (Å²) in [5, 5.41) is 0. The van der Waals surface area contributed by atoms with Gasteiger partial charge in [0.05, 0.1) is 7.11 Å². The summed E-state index contributed by atoms with van der Waals surface area (Å²) in [6.07, 6.45) is 0.800. The maximum absolute atomic E-state index is 12.9. The monoisotopic (exact) mass is 197 g/mol. The summed E-state index contributed by atoms with van der Waals surface area (Å²) in [4.78, 5) is 2.06. The minimum absolute atomic E-state index is 0.209. The lowest BCUT2D eigenvalue weighted by Gasteiger charge is -2.12. The fraction of sp³-hybridized carbons (Fsp3) is 0.455. The van der Waals surface area contributed by atoms with Crippen molar-refractivity contribution in [2.75, 3.05) is 27.7 Å². The number of likely N-dealkylation sites (N-methyl/N-ethyl adjacent to an activating group) is 1. The van der Waals surface area contributed by atoms with E-state index in [4.69, 9.17) is 4.74 Å². The molecule has 2 nitrogen and oxygen atoms in total. The number of nitrogens with zero attached hydrogens (tertiary/aromatic N) is 1. The van der Waals surface area contributed by atoms with E-state index in [1.807, 2.05) is 14.1 Å². The summed E-state index contributed by atoms with van der Waals surface area (Å²) in [5.74, 6) is 0.549. The van der Waals surface area contributed by atoms with Gasteiger partial charge in [0, 0.05) is 6.54 Å². The van der Waals surface area contributed by atoms with Gasteiger partial charge >= 0.3 is 0 Å². The molecule has 78 valence electrons. The van der Waals surface area contributed by atoms with Gasteiger partial charge in [0.2, 0.25) is 0 Å². The van der Waals surface area contributed by atoms with Crippen LogP contribution in [0.3, 0.4) is 0 Å². The Kier molecular flexibility index (Phi) is 3.89. The van der Waals surface area contributed by atoms with Gasteiger partial charge in [-0.3, -0.25) is 0 Å². The first kappa shape index (κ1) is 11.0. The van der Waals surface area contributed by atoms with Crippen molar-refractivity contribution in [3.05, 3.63) is 29.6 Å². The molecule has 0 aliphatic rings. The molecule has 0 spiro atoms. The zero-order valence-electron chi connectivity index (χ0n) is 8.88. The summed E-state index contributed by atoms with van der Waals surface area (Å²) in [7, 11) is 5.59. The molecule has 0 heterocycles. The van der Waals surface area contributed by atoms with Crippen molar-refractivity contribution in [3.8, 4) is 5.75 Å². The molecular weight excluding hydrogens is 181 g/mol. The Labute approximate surface area is 84.3 Å². The number of hydrogen-bond acceptors (Lipinski definition) is 2. The van der Waals surface area contributed by atoms with Crippen LogP contribution in [-0.2, 0) is 6.42 Å². The van der Waals surface area contributed by atoms with Crippen LogP contribution in [0.2, 0.25) is 0 Å². The van der Waals surface area contributed by atoms with E-state index in [1.54, 1.807) is 13.2 Å². The molecule has 0 atom stereocenters. The molecule has 0 aliphatic heterocycles. The molecule has 1 rings (SSSR count). The minimum Gasteiger partial charge on any atom is -0.496 e. The zero-order chi connectivity index (χ0) is 10.6. The molecule has 1 aromatic carbocycles. The van der Waals surface area contributed by atoms with Crippen molar-refractivity contribution < 1.29 is 9.13 Å². The standard InChI is InChI=1S/C11H16FNO/c1-13(2)7-6-9-8-10(12)4-5-11(9)14-3/h4-5,8H,6-7H2,1-3H3. The first-order valence-electron chi connectivity index (χ1n) is 4.60. The van der Waals surface area contributed by atoms with Gasteiger partial charge in [0.25, 0.3) is 0 Å². The highest BCUT2D eigenvalue weighted by molar-refractivity contribution is 5.34. The van der Waals surface area contributed by atoms with Gasteiger partial charge in [-0.25, -0.2) is 4.39 Å². The topological polar surface area (TPSA) is 12.5 Å². The normalized spacial score (nSPS) is 10.6. The Morgan fingerprint density at radius 1 is 1.36 bits per heavy atom. The van der Waals surface area contributed by atoms with E-state index in [0.717, 1.165) is 24.3 Å². The van der Waals surface area contributed by atoms with Crippen LogP contribution in [0.25, 0.3) is 0 Å². The van der Waals surface area contributed by atoms with E-state index >= 15 is 0 Å². The van der Waals surface area contributed by atoms with Gasteiger partial charge in [-0.2, -0.15) is 0 Å². The van der Waals surface area contributed by atoms with Gasteiger partial charge in [-0.05, 0) is 44.3 Å². The third-order valence-electron chi connectivity index (χ3n) is 2.07. The molecule has 0 bridgehead atoms. The Balaban J connectivity index is 2.77. The van der Waals surface area contributed by atoms with Crippen LogP contribution < -0.4 is 4.74 Å². The van der Waals surface area contributed by atoms with E-state index in [-0.39, 0.29) is 5.82 Å². The molecule has 0 radical (unpaired) electrons. The smallest absolute Gasteiger partial charge is 0.123 e. The van der Waals surface area contributed by atoms with Crippen molar-refractivity contribution in [1.82, 2.24) is 4.90 Å². The quantitative estimate of drug-likeness (QED) is 0.731. The number of ether oxygens (including phenoxy) is 1. The summed E-state index contributed by atoms with van der Waals surface area (Å²) >= 11 is 0. The molecule has 14 heavy (non-hydrogen) atoms. The van der Waals surface area contributed by atoms with Crippen molar-refractivity contribution in [2.45, 2.75) is 6.42 Å². The van der Waals surface area contributed by atoms with Crippen LogP contribution in [0.5, 0.6) is 5.75 Å². The Morgan fingerprint density at radius 2 is 2.07 bits per heavy atom. The van der Waals surface area contributed by atoms with Crippen molar-refractivity contribution >= 4 is 0 Å². The molecule has 0 aliphatic carbocycles. The Hall–Kier alpha value is -1.09. The zero-order valence-corrected chi connectivity index (χ0v) is 8.88. The third-order valence-corrected chi connectivity index (χ3v) is 2.07. The largest absolute Gasteiger partial charge is 0.496 e. The maximum Gasteiger partial charge on any atom is 0.123 e. The Bertz CT molecular complexity index is 299. The van der Waals surface area contributed by atoms with E-state index in [0.29, 0.717) is 0 Å².